The summed E-state index contributed by atoms with van der Waals surface area (Å²) in [5.41, 5.74) is 11.0. The number of H-pyrrole nitrogens is 1. The van der Waals surface area contributed by atoms with Crippen molar-refractivity contribution in [3.8, 4) is 0 Å². The molecule has 2 heterocycles. The summed E-state index contributed by atoms with van der Waals surface area (Å²) >= 11 is 0. The van der Waals surface area contributed by atoms with E-state index in [1.807, 2.05) is 0 Å². The highest BCUT2D eigenvalue weighted by atomic mass is 33.1. The zero-order chi connectivity index (χ0) is 89.3. The maximum absolute atomic E-state index is 14.7. The van der Waals surface area contributed by atoms with Gasteiger partial charge in [0.2, 0.25) is 59.1 Å². The molecule has 33 N–H and O–H groups in total. The molecule has 11 amide bonds. The van der Waals surface area contributed by atoms with Crippen LogP contribution in [-0.2, 0) is 64.0 Å². The van der Waals surface area contributed by atoms with Crippen molar-refractivity contribution in [2.75, 3.05) is 68.6 Å². The van der Waals surface area contributed by atoms with Crippen LogP contribution in [0.4, 0.5) is 16.4 Å². The first-order chi connectivity index (χ1) is 56.1. The molecule has 0 spiro atoms. The van der Waals surface area contributed by atoms with Crippen LogP contribution < -0.4 is 75.5 Å². The highest BCUT2D eigenvalue weighted by Crippen LogP contribution is 2.22. The minimum Gasteiger partial charge on any atom is -0.481 e. The molecule has 0 saturated carbocycles. The summed E-state index contributed by atoms with van der Waals surface area (Å²) < 4.78 is 4.68. The van der Waals surface area contributed by atoms with Crippen molar-refractivity contribution in [2.45, 2.75) is 213 Å². The van der Waals surface area contributed by atoms with Crippen LogP contribution in [0.15, 0.2) is 35.3 Å². The number of hydrogen-bond donors (Lipinski definition) is 31. The molecule has 0 aliphatic rings. The monoisotopic (exact) mass is 1740 g/mol. The van der Waals surface area contributed by atoms with Gasteiger partial charge < -0.3 is 161 Å². The van der Waals surface area contributed by atoms with Crippen molar-refractivity contribution >= 4 is 121 Å². The fourth-order valence-electron chi connectivity index (χ4n) is 10.5. The van der Waals surface area contributed by atoms with E-state index in [1.54, 1.807) is 12.1 Å². The zero-order valence-electron chi connectivity index (χ0n) is 64.5. The maximum Gasteiger partial charge on any atom is 0.404 e. The van der Waals surface area contributed by atoms with Gasteiger partial charge in [-0.25, -0.2) is 14.8 Å². The Morgan fingerprint density at radius 1 is 0.471 bits per heavy atom. The summed E-state index contributed by atoms with van der Waals surface area (Å²) in [7, 11) is 2.37. The van der Waals surface area contributed by atoms with E-state index in [0.29, 0.717) is 11.4 Å². The minimum atomic E-state index is -2.21. The fourth-order valence-corrected chi connectivity index (χ4v) is 12.6. The molecule has 119 heavy (non-hydrogen) atoms. The molecule has 0 unspecified atom stereocenters. The Balaban J connectivity index is 2.03. The number of nitrogens with zero attached hydrogens (tertiary/aromatic N) is 3. The summed E-state index contributed by atoms with van der Waals surface area (Å²) in [4.78, 5) is 202. The van der Waals surface area contributed by atoms with Gasteiger partial charge in [-0.05, 0) is 76.6 Å². The number of aliphatic hydroxyl groups is 15. The topological polar surface area (TPSA) is 831 Å². The summed E-state index contributed by atoms with van der Waals surface area (Å²) in [5, 5.41) is 196. The SMILES string of the molecule is C[C@H](CCC(=O)N[C@@H](CCC(=O)NC[C@H](O)[C@@H](O)[C@H](O)[C@H](O)CO)C(=O)N[C@@H](CCC(=O)O)C(=O)N[C@@H](CCC(=O)NC[C@H](O)[C@@H](O)[C@H](O)[C@H](O)CO)C(=O)N[C@@H](CCC(=O)O)C(=O)N[C@@H](CCC(=O)NC[C@H](O)[C@@H](O)[C@H](O)[C@H](O)CO)C(=O)N[C@H](C)CSSCCOC(N)=O)NC(=O)c1ccc(NCc2cnc3nc(N)[nH]c(=O)c3n2)cc1. The smallest absolute Gasteiger partial charge is 0.404 e. The number of primary amides is 1. The number of carbonyl (C=O) groups excluding carboxylic acids is 11. The lowest BCUT2D eigenvalue weighted by Gasteiger charge is -2.28. The van der Waals surface area contributed by atoms with Gasteiger partial charge in [0, 0.05) is 93.0 Å². The Morgan fingerprint density at radius 2 is 0.849 bits per heavy atom. The molecule has 1 aromatic carbocycles. The van der Waals surface area contributed by atoms with Gasteiger partial charge in [0.25, 0.3) is 11.5 Å². The number of aromatic amines is 1. The number of benzene rings is 1. The third-order valence-electron chi connectivity index (χ3n) is 17.4. The average molecular weight is 1740 g/mol. The van der Waals surface area contributed by atoms with Crippen LogP contribution in [0.2, 0.25) is 0 Å². The van der Waals surface area contributed by atoms with E-state index in [0.717, 1.165) is 0 Å². The van der Waals surface area contributed by atoms with Gasteiger partial charge in [0.1, 0.15) is 91.8 Å². The lowest BCUT2D eigenvalue weighted by atomic mass is 10.0. The number of aromatic nitrogens is 4. The van der Waals surface area contributed by atoms with E-state index in [1.165, 1.54) is 53.8 Å². The Bertz CT molecular complexity index is 3870. The molecule has 0 aliphatic carbocycles. The third-order valence-corrected chi connectivity index (χ3v) is 20.0. The van der Waals surface area contributed by atoms with Crippen molar-refractivity contribution < 1.29 is 154 Å². The standard InChI is InChI=1S/C68H107N17O32S2/c1-30(76-60(109)32-4-6-33(7-5-32)71-21-34-22-75-59-52(78-34)66(115)85-67(69)84-59)3-13-49(98)79-35(8-14-46(95)72-23-40(89)53(103)56(106)43(92)26-86)62(111)82-38(11-17-50(99)100)65(114)81-37(10-16-48(97)74-25-42(91)55(105)58(108)45(94)28-88)63(112)83-39(12-18-51(101)102)64(113)80-36(61(110)77-31(2)29-119-118-20-19-117-68(70)116)9-15-47(96)73-24-41(90)54(104)57(107)44(93)27-87/h4-7,22,30-31,35-45,53-58,71,86-94,103-108H,3,8-21,23-29H2,1-2H3,(H2,70,116)(H,72,95)(H,73,96)(H,74,97)(H,76,109)(H,77,110)(H,79,98)(H,80,113)(H,81,114)(H,82,111)(H,83,112)(H,99,100)(H,101,102)(H3,69,75,84,85,115)/t30-,31-,35+,36+,37+,38+,39+,40+,41+,42+,43-,44-,45-,53-,54-,55-,56-,57-,58-/m1/s1. The van der Waals surface area contributed by atoms with E-state index in [9.17, 15) is 149 Å². The Morgan fingerprint density at radius 3 is 1.24 bits per heavy atom. The van der Waals surface area contributed by atoms with Crippen LogP contribution in [0.3, 0.4) is 0 Å². The number of aliphatic carboxylic acids is 2. The average Bonchev–Trinajstić information content (AvgIpc) is 0.803. The molecule has 0 aliphatic heterocycles. The van der Waals surface area contributed by atoms with Crippen molar-refractivity contribution in [2.24, 2.45) is 5.73 Å². The van der Waals surface area contributed by atoms with Crippen LogP contribution in [-0.4, -0.2) is 357 Å². The number of hydrogen-bond acceptors (Lipinski definition) is 37. The van der Waals surface area contributed by atoms with Crippen LogP contribution >= 0.6 is 21.6 Å². The molecule has 3 rings (SSSR count). The van der Waals surface area contributed by atoms with Gasteiger partial charge in [-0.15, -0.1) is 0 Å². The molecular weight excluding hydrogens is 1630 g/mol. The van der Waals surface area contributed by atoms with Crippen LogP contribution in [0.1, 0.15) is 107 Å². The zero-order valence-corrected chi connectivity index (χ0v) is 66.1. The molecule has 51 heteroatoms. The predicted octanol–water partition coefficient (Wildman–Crippen LogP) is -12.1. The normalized spacial score (nSPS) is 16.2. The summed E-state index contributed by atoms with van der Waals surface area (Å²) in [5.74, 6) is -14.3. The quantitative estimate of drug-likeness (QED) is 0.0184. The van der Waals surface area contributed by atoms with Crippen molar-refractivity contribution in [1.29, 1.82) is 0 Å². The molecule has 49 nitrogen and oxygen atoms in total. The first-order valence-corrected chi connectivity index (χ1v) is 39.5. The number of carboxylic acid groups (broad SMARTS) is 2. The van der Waals surface area contributed by atoms with Gasteiger partial charge in [0.15, 0.2) is 11.2 Å². The van der Waals surface area contributed by atoms with Crippen LogP contribution in [0.25, 0.3) is 11.2 Å². The highest BCUT2D eigenvalue weighted by molar-refractivity contribution is 8.76. The third kappa shape index (κ3) is 38.3. The second kappa shape index (κ2) is 53.6. The van der Waals surface area contributed by atoms with E-state index in [4.69, 9.17) is 16.6 Å². The number of ether oxygens (including phenoxy) is 1. The number of fused-ring (bicyclic) bond motifs is 1. The van der Waals surface area contributed by atoms with Crippen LogP contribution in [0.5, 0.6) is 0 Å². The Labute approximate surface area is 685 Å². The van der Waals surface area contributed by atoms with Crippen molar-refractivity contribution in [3.05, 3.63) is 52.1 Å². The Kier molecular flexibility index (Phi) is 46.5. The molecule has 3 aromatic rings. The minimum absolute atomic E-state index is 0.0267. The lowest BCUT2D eigenvalue weighted by Crippen LogP contribution is -2.59. The molecule has 19 atom stereocenters. The van der Waals surface area contributed by atoms with Gasteiger partial charge in [0.05, 0.1) is 56.6 Å². The number of rotatable bonds is 58. The highest BCUT2D eigenvalue weighted by Gasteiger charge is 2.37. The number of amides is 11. The second-order valence-corrected chi connectivity index (χ2v) is 29.8. The first-order valence-electron chi connectivity index (χ1n) is 37.0. The van der Waals surface area contributed by atoms with Gasteiger partial charge in [-0.3, -0.25) is 67.3 Å². The molecule has 0 fully saturated rings. The number of carbonyl (C=O) groups is 13. The van der Waals surface area contributed by atoms with E-state index in [-0.39, 0.29) is 53.8 Å². The van der Waals surface area contributed by atoms with E-state index >= 15 is 0 Å². The molecule has 2 aromatic heterocycles. The van der Waals surface area contributed by atoms with Gasteiger partial charge in [-0.1, -0.05) is 21.6 Å². The summed E-state index contributed by atoms with van der Waals surface area (Å²) in [6.45, 7) is -2.67. The van der Waals surface area contributed by atoms with Crippen molar-refractivity contribution in [3.63, 3.8) is 0 Å². The molecule has 0 bridgehead atoms. The molecular formula is C68H107N17O32S2. The molecule has 0 radical (unpaired) electrons. The maximum atomic E-state index is 14.7. The van der Waals surface area contributed by atoms with E-state index in [2.05, 4.69) is 83.2 Å². The summed E-state index contributed by atoms with van der Waals surface area (Å²) in [6.07, 6.45) is -33.2. The van der Waals surface area contributed by atoms with Gasteiger partial charge in [-0.2, -0.15) is 4.98 Å². The number of carboxylic acids is 2. The molecule has 0 saturated heterocycles. The first kappa shape index (κ1) is 103. The second-order valence-electron chi connectivity index (χ2n) is 27.2. The fraction of sp³-hybridized carbons (Fsp3) is 0.632. The van der Waals surface area contributed by atoms with Crippen molar-refractivity contribution in [1.82, 2.24) is 73.1 Å². The number of nitrogen functional groups attached to an aromatic ring is 1. The summed E-state index contributed by atoms with van der Waals surface area (Å²) in [6, 6.07) is -5.54. The van der Waals surface area contributed by atoms with E-state index < -0.39 is 308 Å². The van der Waals surface area contributed by atoms with Gasteiger partial charge >= 0.3 is 18.0 Å². The number of nitrogens with two attached hydrogens (primary N) is 2. The Hall–Kier alpha value is -9.95. The number of nitrogens with one attached hydrogen (secondary N) is 12. The van der Waals surface area contributed by atoms with Crippen LogP contribution in [0, 0.1) is 0 Å². The lowest BCUT2D eigenvalue weighted by molar-refractivity contribution is -0.139. The number of aliphatic hydroxyl groups excluding tert-OH is 15. The molecule has 668 valence electrons. The number of anilines is 2. The predicted molar refractivity (Wildman–Crippen MR) is 414 cm³/mol. The largest absolute Gasteiger partial charge is 0.481 e.